The molecule has 5 amide bonds. The van der Waals surface area contributed by atoms with Gasteiger partial charge in [-0.3, -0.25) is 24.0 Å². The smallest absolute Gasteiger partial charge is 0.497 e. The first kappa shape index (κ1) is 107. The number of aryl methyl sites for hydroxylation is 5. The minimum atomic E-state index is -5.05. The van der Waals surface area contributed by atoms with Crippen LogP contribution in [0.25, 0.3) is 57.3 Å². The summed E-state index contributed by atoms with van der Waals surface area (Å²) in [6, 6.07) is 63.5. The molecule has 0 spiro atoms. The SMILES string of the molecule is CCc1ccc(CC(NC(C)=O)c2nnc(-c3ccc(F)c(OC(F)(F)F)c3)o2)cc1.CCc1ccc(CC(NC(C)=O)c2nnc(-c3cccc(C(F)(F)F)c3)o2)cc1.CCc1ccc(CC(NC(C)=O)c2nnc(-c3cccc(F)c3)o2)cc1.CCc1ccc(CC(NC(C)=O)c2nnc(-c3cccc(OC(F)(F)F)c3)o2)cc1.CCc1ccc(CC(NC(C)=O)c2nnc(-c3cccc(OC)c3)o2)cc1. The standard InChI is InChI=1S/C21H19F4N3O3.C21H20F3N3O3.C21H20F3N3O2.C21H23N3O3.C20H20FN3O2/c1-3-13-4-6-14(7-5-13)10-17(26-12(2)29)20-28-27-19(30-20)15-8-9-16(22)18(11-15)31-21(23,24)25;1-3-14-7-9-15(10-8-14)11-18(25-13(2)28)20-27-26-19(29-20)16-5-4-6-17(12-16)30-21(22,23)24;1-3-14-7-9-15(10-8-14)11-18(25-13(2)28)20-27-26-19(29-20)16-5-4-6-17(12-16)21(22,23)24;1-4-15-8-10-16(11-9-15)12-19(22-14(2)25)21-24-23-20(27-21)17-6-5-7-18(13-17)26-3;1-3-14-7-9-15(10-8-14)11-18(22-13(2)25)20-24-23-19(26-20)16-5-4-6-17(21)12-16/h4-9,11,17H,3,10H2,1-2H3,(H,26,29);4-10,12,18H,3,11H2,1-2H3,(H,25,28);4-10,12,18H,3,11H2,1-2H3,(H,25,28);5-11,13,19H,4,12H2,1-3H3,(H,22,25);4-10,12,18H,3,11H2,1-2H3,(H,22,25). The van der Waals surface area contributed by atoms with Gasteiger partial charge in [0.1, 0.15) is 47.5 Å². The topological polar surface area (TPSA) is 368 Å². The maximum Gasteiger partial charge on any atom is 0.573 e. The van der Waals surface area contributed by atoms with Crippen molar-refractivity contribution in [2.45, 2.75) is 183 Å². The summed E-state index contributed by atoms with van der Waals surface area (Å²) in [5, 5.41) is 53.8. The summed E-state index contributed by atoms with van der Waals surface area (Å²) in [7, 11) is 1.61. The maximum atomic E-state index is 13.6. The lowest BCUT2D eigenvalue weighted by Crippen LogP contribution is -2.28. The number of carbonyl (C=O) groups is 5. The molecule has 5 aromatic heterocycles. The number of amides is 5. The van der Waals surface area contributed by atoms with E-state index in [0.29, 0.717) is 61.1 Å². The molecule has 748 valence electrons. The van der Waals surface area contributed by atoms with Crippen LogP contribution in [0.3, 0.4) is 0 Å². The van der Waals surface area contributed by atoms with Gasteiger partial charge in [-0.25, -0.2) is 8.78 Å². The number of nitrogens with one attached hydrogen (secondary N) is 5. The van der Waals surface area contributed by atoms with Gasteiger partial charge in [0.15, 0.2) is 11.6 Å². The third-order valence-electron chi connectivity index (χ3n) is 21.5. The minimum absolute atomic E-state index is 0.0225. The third-order valence-corrected chi connectivity index (χ3v) is 21.5. The molecular formula is C104H102F11N15O13. The number of hydrogen-bond acceptors (Lipinski definition) is 23. The van der Waals surface area contributed by atoms with Crippen LogP contribution in [0.5, 0.6) is 17.2 Å². The molecule has 15 rings (SSSR count). The van der Waals surface area contributed by atoms with Crippen molar-refractivity contribution in [3.05, 3.63) is 339 Å². The van der Waals surface area contributed by atoms with Crippen molar-refractivity contribution in [1.29, 1.82) is 0 Å². The van der Waals surface area contributed by atoms with Crippen LogP contribution in [0.4, 0.5) is 48.3 Å². The van der Waals surface area contributed by atoms with E-state index in [2.05, 4.69) is 151 Å². The van der Waals surface area contributed by atoms with Crippen LogP contribution < -0.4 is 40.8 Å². The molecule has 0 fully saturated rings. The highest BCUT2D eigenvalue weighted by atomic mass is 19.4. The van der Waals surface area contributed by atoms with Gasteiger partial charge in [-0.2, -0.15) is 13.2 Å². The fourth-order valence-electron chi connectivity index (χ4n) is 14.3. The Kier molecular flexibility index (Phi) is 38.0. The van der Waals surface area contributed by atoms with Crippen LogP contribution in [0.2, 0.25) is 0 Å². The number of nitrogens with zero attached hydrogens (tertiary/aromatic N) is 10. The molecule has 28 nitrogen and oxygen atoms in total. The molecule has 10 aromatic carbocycles. The van der Waals surface area contributed by atoms with Gasteiger partial charge in [-0.05, 0) is 179 Å². The zero-order valence-electron chi connectivity index (χ0n) is 79.4. The Morgan fingerprint density at radius 2 is 0.545 bits per heavy atom. The number of alkyl halides is 9. The molecular weight excluding hydrogens is 1880 g/mol. The first-order valence-electron chi connectivity index (χ1n) is 45.2. The van der Waals surface area contributed by atoms with Crippen molar-refractivity contribution in [3.63, 3.8) is 0 Å². The van der Waals surface area contributed by atoms with Crippen molar-refractivity contribution in [3.8, 4) is 74.5 Å². The molecule has 5 N–H and O–H groups in total. The number of halogens is 11. The van der Waals surface area contributed by atoms with Crippen molar-refractivity contribution in [2.24, 2.45) is 0 Å². The number of methoxy groups -OCH3 is 1. The predicted octanol–water partition coefficient (Wildman–Crippen LogP) is 21.7. The quantitative estimate of drug-likeness (QED) is 0.0239. The average Bonchev–Trinajstić information content (AvgIpc) is 1.49. The molecule has 0 saturated heterocycles. The summed E-state index contributed by atoms with van der Waals surface area (Å²) in [5.74, 6) is -2.01. The van der Waals surface area contributed by atoms with E-state index in [1.54, 1.807) is 19.2 Å². The zero-order chi connectivity index (χ0) is 103. The number of ether oxygens (including phenoxy) is 3. The molecule has 5 unspecified atom stereocenters. The lowest BCUT2D eigenvalue weighted by Gasteiger charge is -2.14. The summed E-state index contributed by atoms with van der Waals surface area (Å²) in [6.07, 6.45) is -7.36. The molecule has 0 radical (unpaired) electrons. The molecule has 143 heavy (non-hydrogen) atoms. The van der Waals surface area contributed by atoms with Crippen LogP contribution in [-0.2, 0) is 94.4 Å². The first-order valence-corrected chi connectivity index (χ1v) is 45.2. The second-order valence-corrected chi connectivity index (χ2v) is 32.5. The van der Waals surface area contributed by atoms with Gasteiger partial charge in [0.25, 0.3) is 0 Å². The van der Waals surface area contributed by atoms with E-state index >= 15 is 0 Å². The van der Waals surface area contributed by atoms with Gasteiger partial charge in [0, 0.05) is 94.5 Å². The van der Waals surface area contributed by atoms with Crippen LogP contribution in [0, 0.1) is 11.6 Å². The fourth-order valence-corrected chi connectivity index (χ4v) is 14.3. The highest BCUT2D eigenvalue weighted by Gasteiger charge is 2.36. The largest absolute Gasteiger partial charge is 0.573 e. The first-order chi connectivity index (χ1) is 68.3. The lowest BCUT2D eigenvalue weighted by atomic mass is 10.0. The monoisotopic (exact) mass is 1980 g/mol. The fraction of sp³-hybridized carbons (Fsp3) is 0.279. The normalized spacial score (nSPS) is 12.3. The minimum Gasteiger partial charge on any atom is -0.497 e. The van der Waals surface area contributed by atoms with Gasteiger partial charge in [0.2, 0.25) is 88.4 Å². The second kappa shape index (κ2) is 50.6. The Morgan fingerprint density at radius 1 is 0.294 bits per heavy atom. The molecule has 15 aromatic rings. The summed E-state index contributed by atoms with van der Waals surface area (Å²) in [4.78, 5) is 58.2. The van der Waals surface area contributed by atoms with E-state index in [4.69, 9.17) is 26.8 Å². The highest BCUT2D eigenvalue weighted by Crippen LogP contribution is 2.37. The molecule has 0 saturated carbocycles. The van der Waals surface area contributed by atoms with Gasteiger partial charge in [-0.15, -0.1) is 77.3 Å². The lowest BCUT2D eigenvalue weighted by molar-refractivity contribution is -0.276. The van der Waals surface area contributed by atoms with E-state index in [0.717, 1.165) is 101 Å². The molecule has 0 aliphatic heterocycles. The molecule has 0 aliphatic rings. The van der Waals surface area contributed by atoms with Crippen molar-refractivity contribution in [2.75, 3.05) is 7.11 Å². The summed E-state index contributed by atoms with van der Waals surface area (Å²) < 4.78 is 182. The van der Waals surface area contributed by atoms with Crippen molar-refractivity contribution in [1.82, 2.24) is 77.6 Å². The number of rotatable bonds is 33. The average molecular weight is 1980 g/mol. The van der Waals surface area contributed by atoms with Crippen LogP contribution in [0.15, 0.2) is 259 Å². The maximum absolute atomic E-state index is 13.6. The molecule has 0 aliphatic carbocycles. The van der Waals surface area contributed by atoms with E-state index in [1.165, 1.54) is 105 Å². The second-order valence-electron chi connectivity index (χ2n) is 32.5. The van der Waals surface area contributed by atoms with Crippen LogP contribution in [0.1, 0.15) is 190 Å². The Morgan fingerprint density at radius 3 is 0.811 bits per heavy atom. The van der Waals surface area contributed by atoms with Gasteiger partial charge in [0.05, 0.1) is 12.7 Å². The Labute approximate surface area is 814 Å². The van der Waals surface area contributed by atoms with Crippen LogP contribution in [-0.4, -0.2) is 100 Å². The molecule has 0 bridgehead atoms. The van der Waals surface area contributed by atoms with Gasteiger partial charge in [-0.1, -0.05) is 180 Å². The number of aromatic nitrogens is 10. The Bertz CT molecular complexity index is 6670. The Hall–Kier alpha value is -16.1. The van der Waals surface area contributed by atoms with E-state index < -0.39 is 65.9 Å². The number of benzene rings is 10. The summed E-state index contributed by atoms with van der Waals surface area (Å²) in [6.45, 7) is 17.4. The van der Waals surface area contributed by atoms with Crippen molar-refractivity contribution >= 4 is 29.5 Å². The number of hydrogen-bond donors (Lipinski definition) is 5. The van der Waals surface area contributed by atoms with E-state index in [9.17, 15) is 72.3 Å². The van der Waals surface area contributed by atoms with E-state index in [1.807, 2.05) is 116 Å². The van der Waals surface area contributed by atoms with Gasteiger partial charge >= 0.3 is 18.9 Å². The Balaban J connectivity index is 0.000000171. The van der Waals surface area contributed by atoms with Crippen molar-refractivity contribution < 1.29 is 109 Å². The van der Waals surface area contributed by atoms with E-state index in [-0.39, 0.29) is 99.3 Å². The molecule has 5 heterocycles. The zero-order valence-corrected chi connectivity index (χ0v) is 79.4. The third kappa shape index (κ3) is 33.6. The molecule has 5 atom stereocenters. The predicted molar refractivity (Wildman–Crippen MR) is 504 cm³/mol. The van der Waals surface area contributed by atoms with Crippen LogP contribution >= 0.6 is 0 Å². The highest BCUT2D eigenvalue weighted by molar-refractivity contribution is 5.75. The van der Waals surface area contributed by atoms with Gasteiger partial charge < -0.3 is 62.9 Å². The number of carbonyl (C=O) groups excluding carboxylic acids is 5. The summed E-state index contributed by atoms with van der Waals surface area (Å²) in [5.41, 5.74) is 12.0. The molecule has 39 heteroatoms. The summed E-state index contributed by atoms with van der Waals surface area (Å²) >= 11 is 0.